The zero-order valence-corrected chi connectivity index (χ0v) is 20.7. The lowest BCUT2D eigenvalue weighted by Gasteiger charge is -2.32. The summed E-state index contributed by atoms with van der Waals surface area (Å²) in [6.45, 7) is 4.64. The summed E-state index contributed by atoms with van der Waals surface area (Å²) in [4.78, 5) is 33.9. The number of aromatic nitrogens is 1. The van der Waals surface area contributed by atoms with E-state index in [-0.39, 0.29) is 15.0 Å². The number of benzene rings is 1. The van der Waals surface area contributed by atoms with Crippen molar-refractivity contribution in [3.05, 3.63) is 45.3 Å². The monoisotopic (exact) mass is 564 g/mol. The second-order valence-corrected chi connectivity index (χ2v) is 9.27. The van der Waals surface area contributed by atoms with Crippen LogP contribution in [0.3, 0.4) is 0 Å². The summed E-state index contributed by atoms with van der Waals surface area (Å²) in [6, 6.07) is 0.264. The predicted molar refractivity (Wildman–Crippen MR) is 124 cm³/mol. The molecule has 0 radical (unpaired) electrons. The van der Waals surface area contributed by atoms with Crippen LogP contribution in [0.2, 0.25) is 0 Å². The fourth-order valence-electron chi connectivity index (χ4n) is 3.18. The number of likely N-dealkylation sites (N-methyl/N-ethyl adjacent to an activating group) is 1. The molecule has 0 bridgehead atoms. The Labute approximate surface area is 206 Å². The number of halogens is 4. The summed E-state index contributed by atoms with van der Waals surface area (Å²) in [7, 11) is 2.09. The molecule has 1 fully saturated rings. The molecule has 3 rings (SSSR count). The molecule has 0 aliphatic carbocycles. The van der Waals surface area contributed by atoms with Crippen molar-refractivity contribution in [2.75, 3.05) is 51.6 Å². The van der Waals surface area contributed by atoms with E-state index in [1.165, 1.54) is 6.20 Å². The number of hydrogen-bond acceptors (Lipinski definition) is 7. The molecule has 0 saturated carbocycles. The molecule has 14 heteroatoms. The Kier molecular flexibility index (Phi) is 9.64. The summed E-state index contributed by atoms with van der Waals surface area (Å²) in [5, 5.41) is 5.45. The van der Waals surface area contributed by atoms with Crippen LogP contribution >= 0.6 is 27.5 Å². The van der Waals surface area contributed by atoms with Gasteiger partial charge in [0.25, 0.3) is 5.91 Å². The molecule has 9 nitrogen and oxygen atoms in total. The Morgan fingerprint density at radius 2 is 1.94 bits per heavy atom. The van der Waals surface area contributed by atoms with E-state index in [2.05, 4.69) is 47.8 Å². The van der Waals surface area contributed by atoms with Gasteiger partial charge in [-0.25, -0.2) is 23.4 Å². The van der Waals surface area contributed by atoms with E-state index in [0.29, 0.717) is 6.54 Å². The number of carbonyl (C=O) groups is 2. The van der Waals surface area contributed by atoms with Crippen LogP contribution < -0.4 is 16.1 Å². The normalized spacial score (nSPS) is 14.7. The summed E-state index contributed by atoms with van der Waals surface area (Å²) >= 11 is 3.58. The van der Waals surface area contributed by atoms with E-state index in [4.69, 9.17) is 4.84 Å². The van der Waals surface area contributed by atoms with Gasteiger partial charge in [-0.15, -0.1) is 0 Å². The summed E-state index contributed by atoms with van der Waals surface area (Å²) in [5.41, 5.74) is 1.33. The zero-order valence-electron chi connectivity index (χ0n) is 18.3. The van der Waals surface area contributed by atoms with Crippen molar-refractivity contribution in [3.63, 3.8) is 0 Å². The molecule has 1 aliphatic rings. The van der Waals surface area contributed by atoms with Crippen LogP contribution in [0.25, 0.3) is 0 Å². The molecule has 1 aliphatic heterocycles. The van der Waals surface area contributed by atoms with Gasteiger partial charge in [-0.3, -0.25) is 14.9 Å². The van der Waals surface area contributed by atoms with E-state index < -0.39 is 41.6 Å². The molecule has 186 valence electrons. The number of nitrogens with zero attached hydrogens (tertiary/aromatic N) is 3. The standard InChI is InChI=1S/C20H24BrF3N6O3S/c1-29-5-7-30(8-6-29)4-2-3-25-20(32)27-19-12(10-26-34-19)18(31)28-33-11-13-15(22)9-14(21)17(24)16(13)23/h9-10H,2-8,11H2,1H3,(H,28,31)(H2,25,27,32). The Bertz CT molecular complexity index is 1020. The van der Waals surface area contributed by atoms with Gasteiger partial charge in [-0.05, 0) is 53.5 Å². The summed E-state index contributed by atoms with van der Waals surface area (Å²) in [6.07, 6.45) is 2.00. The topological polar surface area (TPSA) is 98.8 Å². The number of piperazine rings is 1. The summed E-state index contributed by atoms with van der Waals surface area (Å²) < 4.78 is 44.8. The largest absolute Gasteiger partial charge is 0.338 e. The van der Waals surface area contributed by atoms with Crippen LogP contribution in [0.15, 0.2) is 16.7 Å². The van der Waals surface area contributed by atoms with Crippen LogP contribution in [-0.2, 0) is 11.4 Å². The number of amides is 3. The molecule has 0 atom stereocenters. The van der Waals surface area contributed by atoms with Crippen molar-refractivity contribution >= 4 is 44.4 Å². The fraction of sp³-hybridized carbons (Fsp3) is 0.450. The van der Waals surface area contributed by atoms with Gasteiger partial charge in [-0.2, -0.15) is 4.37 Å². The molecular weight excluding hydrogens is 541 g/mol. The number of urea groups is 1. The van der Waals surface area contributed by atoms with Gasteiger partial charge in [0.2, 0.25) is 0 Å². The van der Waals surface area contributed by atoms with Crippen LogP contribution in [0, 0.1) is 17.5 Å². The van der Waals surface area contributed by atoms with Crippen molar-refractivity contribution in [2.45, 2.75) is 13.0 Å². The molecule has 3 amide bonds. The van der Waals surface area contributed by atoms with Gasteiger partial charge in [-0.1, -0.05) is 0 Å². The Morgan fingerprint density at radius 3 is 2.68 bits per heavy atom. The third-order valence-electron chi connectivity index (χ3n) is 5.17. The maximum Gasteiger partial charge on any atom is 0.319 e. The van der Waals surface area contributed by atoms with Gasteiger partial charge in [0.1, 0.15) is 17.4 Å². The first-order valence-corrected chi connectivity index (χ1v) is 12.0. The lowest BCUT2D eigenvalue weighted by Crippen LogP contribution is -2.45. The van der Waals surface area contributed by atoms with Crippen molar-refractivity contribution in [1.82, 2.24) is 25.0 Å². The van der Waals surface area contributed by atoms with Gasteiger partial charge in [0.15, 0.2) is 11.6 Å². The second-order valence-electron chi connectivity index (χ2n) is 7.61. The molecule has 2 aromatic rings. The molecule has 0 spiro atoms. The third-order valence-corrected chi connectivity index (χ3v) is 6.46. The predicted octanol–water partition coefficient (Wildman–Crippen LogP) is 2.94. The van der Waals surface area contributed by atoms with Gasteiger partial charge >= 0.3 is 6.03 Å². The molecular formula is C20H24BrF3N6O3S. The minimum Gasteiger partial charge on any atom is -0.338 e. The SMILES string of the molecule is CN1CCN(CCCNC(=O)Nc2sncc2C(=O)NOCc2c(F)cc(Br)c(F)c2F)CC1. The third kappa shape index (κ3) is 7.12. The number of hydrogen-bond donors (Lipinski definition) is 3. The average Bonchev–Trinajstić information content (AvgIpc) is 3.26. The number of rotatable bonds is 9. The lowest BCUT2D eigenvalue weighted by molar-refractivity contribution is 0.0212. The quantitative estimate of drug-likeness (QED) is 0.187. The minimum absolute atomic E-state index is 0.000479. The van der Waals surface area contributed by atoms with Crippen LogP contribution in [0.5, 0.6) is 0 Å². The molecule has 0 unspecified atom stereocenters. The Balaban J connectivity index is 1.42. The highest BCUT2D eigenvalue weighted by Gasteiger charge is 2.20. The van der Waals surface area contributed by atoms with Crippen molar-refractivity contribution in [1.29, 1.82) is 0 Å². The van der Waals surface area contributed by atoms with Crippen molar-refractivity contribution < 1.29 is 27.6 Å². The van der Waals surface area contributed by atoms with Crippen molar-refractivity contribution in [3.8, 4) is 0 Å². The minimum atomic E-state index is -1.43. The Hall–Kier alpha value is -2.26. The van der Waals surface area contributed by atoms with Gasteiger partial charge < -0.3 is 15.1 Å². The van der Waals surface area contributed by atoms with Gasteiger partial charge in [0.05, 0.1) is 21.8 Å². The lowest BCUT2D eigenvalue weighted by atomic mass is 10.2. The molecule has 1 saturated heterocycles. The number of carbonyl (C=O) groups excluding carboxylic acids is 2. The number of nitrogens with one attached hydrogen (secondary N) is 3. The van der Waals surface area contributed by atoms with E-state index in [9.17, 15) is 22.8 Å². The van der Waals surface area contributed by atoms with Crippen LogP contribution in [0.4, 0.5) is 23.0 Å². The maximum atomic E-state index is 13.9. The maximum absolute atomic E-state index is 13.9. The average molecular weight is 565 g/mol. The van der Waals surface area contributed by atoms with E-state index >= 15 is 0 Å². The van der Waals surface area contributed by atoms with Crippen LogP contribution in [-0.4, -0.2) is 72.4 Å². The zero-order chi connectivity index (χ0) is 24.7. The first-order chi connectivity index (χ1) is 16.3. The number of anilines is 1. The van der Waals surface area contributed by atoms with Gasteiger partial charge in [0, 0.05) is 32.7 Å². The molecule has 34 heavy (non-hydrogen) atoms. The highest BCUT2D eigenvalue weighted by Crippen LogP contribution is 2.25. The molecule has 3 N–H and O–H groups in total. The molecule has 2 heterocycles. The molecule has 1 aromatic heterocycles. The number of hydroxylamine groups is 1. The molecule has 1 aromatic carbocycles. The Morgan fingerprint density at radius 1 is 1.21 bits per heavy atom. The van der Waals surface area contributed by atoms with Crippen molar-refractivity contribution in [2.24, 2.45) is 0 Å². The fourth-order valence-corrected chi connectivity index (χ4v) is 4.20. The first-order valence-electron chi connectivity index (χ1n) is 10.4. The van der Waals surface area contributed by atoms with E-state index in [1.807, 2.05) is 5.48 Å². The summed E-state index contributed by atoms with van der Waals surface area (Å²) in [5.74, 6) is -4.53. The van der Waals surface area contributed by atoms with E-state index in [1.54, 1.807) is 0 Å². The highest BCUT2D eigenvalue weighted by atomic mass is 79.9. The second kappa shape index (κ2) is 12.4. The van der Waals surface area contributed by atoms with Crippen LogP contribution in [0.1, 0.15) is 22.3 Å². The first kappa shape index (κ1) is 26.3. The highest BCUT2D eigenvalue weighted by molar-refractivity contribution is 9.10. The smallest absolute Gasteiger partial charge is 0.319 e. The van der Waals surface area contributed by atoms with E-state index in [0.717, 1.165) is 56.7 Å².